The van der Waals surface area contributed by atoms with Crippen molar-refractivity contribution in [2.45, 2.75) is 38.9 Å². The van der Waals surface area contributed by atoms with E-state index in [1.165, 1.54) is 4.90 Å². The molecule has 0 heterocycles. The van der Waals surface area contributed by atoms with E-state index < -0.39 is 6.04 Å². The van der Waals surface area contributed by atoms with Gasteiger partial charge in [0, 0.05) is 29.1 Å². The van der Waals surface area contributed by atoms with Crippen molar-refractivity contribution < 1.29 is 14.3 Å². The van der Waals surface area contributed by atoms with Crippen LogP contribution >= 0.6 is 23.2 Å². The molecule has 0 spiro atoms. The van der Waals surface area contributed by atoms with Gasteiger partial charge >= 0.3 is 0 Å². The highest BCUT2D eigenvalue weighted by Crippen LogP contribution is 2.24. The Hall–Kier alpha value is -3.02. The van der Waals surface area contributed by atoms with Crippen LogP contribution in [0.3, 0.4) is 0 Å². The van der Waals surface area contributed by atoms with Crippen LogP contribution in [0.15, 0.2) is 78.9 Å². The molecule has 0 aromatic heterocycles. The van der Waals surface area contributed by atoms with Crippen LogP contribution in [0.5, 0.6) is 5.75 Å². The average molecular weight is 499 g/mol. The van der Waals surface area contributed by atoms with Gasteiger partial charge in [-0.25, -0.2) is 0 Å². The molecule has 0 saturated carbocycles. The number of ether oxygens (including phenoxy) is 1. The Balaban J connectivity index is 1.93. The van der Waals surface area contributed by atoms with Crippen LogP contribution in [0.1, 0.15) is 25.0 Å². The maximum Gasteiger partial charge on any atom is 0.261 e. The standard InChI is InChI=1S/C27H28Cl2N2O3/c1-19(2)30-27(33)25(15-20-9-5-3-6-10-20)31(17-21-13-14-22(28)16-24(21)29)26(32)18-34-23-11-7-4-8-12-23/h3-14,16,19,25H,15,17-18H2,1-2H3,(H,30,33)/t25-/m0/s1. The summed E-state index contributed by atoms with van der Waals surface area (Å²) in [4.78, 5) is 28.3. The van der Waals surface area contributed by atoms with Gasteiger partial charge in [0.2, 0.25) is 5.91 Å². The minimum Gasteiger partial charge on any atom is -0.484 e. The zero-order chi connectivity index (χ0) is 24.5. The topological polar surface area (TPSA) is 58.6 Å². The molecule has 3 rings (SSSR count). The van der Waals surface area contributed by atoms with Crippen molar-refractivity contribution in [2.75, 3.05) is 6.61 Å². The van der Waals surface area contributed by atoms with Gasteiger partial charge in [-0.05, 0) is 49.2 Å². The van der Waals surface area contributed by atoms with Crippen LogP contribution in [-0.2, 0) is 22.6 Å². The van der Waals surface area contributed by atoms with Gasteiger partial charge in [0.25, 0.3) is 5.91 Å². The number of nitrogens with zero attached hydrogens (tertiary/aromatic N) is 1. The van der Waals surface area contributed by atoms with E-state index in [4.69, 9.17) is 27.9 Å². The molecule has 178 valence electrons. The monoisotopic (exact) mass is 498 g/mol. The third kappa shape index (κ3) is 7.51. The molecular weight excluding hydrogens is 471 g/mol. The van der Waals surface area contributed by atoms with Crippen molar-refractivity contribution in [1.82, 2.24) is 10.2 Å². The second-order valence-corrected chi connectivity index (χ2v) is 9.07. The predicted molar refractivity (Wildman–Crippen MR) is 136 cm³/mol. The molecule has 3 aromatic rings. The number of halogens is 2. The number of carbonyl (C=O) groups excluding carboxylic acids is 2. The summed E-state index contributed by atoms with van der Waals surface area (Å²) < 4.78 is 5.72. The quantitative estimate of drug-likeness (QED) is 0.399. The van der Waals surface area contributed by atoms with Gasteiger partial charge < -0.3 is 15.0 Å². The van der Waals surface area contributed by atoms with Crippen LogP contribution in [0.2, 0.25) is 10.0 Å². The van der Waals surface area contributed by atoms with Crippen molar-refractivity contribution in [1.29, 1.82) is 0 Å². The zero-order valence-corrected chi connectivity index (χ0v) is 20.7. The van der Waals surface area contributed by atoms with E-state index in [-0.39, 0.29) is 31.0 Å². The molecule has 7 heteroatoms. The summed E-state index contributed by atoms with van der Waals surface area (Å²) in [6.07, 6.45) is 0.349. The fourth-order valence-electron chi connectivity index (χ4n) is 3.51. The minimum atomic E-state index is -0.761. The molecule has 0 aliphatic heterocycles. The van der Waals surface area contributed by atoms with E-state index >= 15 is 0 Å². The Morgan fingerprint density at radius 1 is 0.941 bits per heavy atom. The number of nitrogens with one attached hydrogen (secondary N) is 1. The summed E-state index contributed by atoms with van der Waals surface area (Å²) in [7, 11) is 0. The zero-order valence-electron chi connectivity index (χ0n) is 19.2. The molecule has 2 amide bonds. The van der Waals surface area contributed by atoms with Crippen molar-refractivity contribution >= 4 is 35.0 Å². The Morgan fingerprint density at radius 2 is 1.59 bits per heavy atom. The normalized spacial score (nSPS) is 11.7. The number of hydrogen-bond donors (Lipinski definition) is 1. The molecule has 0 unspecified atom stereocenters. The average Bonchev–Trinajstić information content (AvgIpc) is 2.82. The van der Waals surface area contributed by atoms with E-state index in [1.807, 2.05) is 62.4 Å². The van der Waals surface area contributed by atoms with Gasteiger partial charge in [0.05, 0.1) is 0 Å². The maximum atomic E-state index is 13.5. The summed E-state index contributed by atoms with van der Waals surface area (Å²) in [6, 6.07) is 23.0. The molecule has 0 bridgehead atoms. The first-order valence-corrected chi connectivity index (χ1v) is 11.8. The molecule has 34 heavy (non-hydrogen) atoms. The molecule has 0 radical (unpaired) electrons. The molecule has 0 fully saturated rings. The Bertz CT molecular complexity index is 1090. The van der Waals surface area contributed by atoms with Crippen LogP contribution in [0.25, 0.3) is 0 Å². The molecule has 1 N–H and O–H groups in total. The number of benzene rings is 3. The Labute approximate surface area is 210 Å². The number of amides is 2. The van der Waals surface area contributed by atoms with E-state index in [0.717, 1.165) is 5.56 Å². The van der Waals surface area contributed by atoms with E-state index in [0.29, 0.717) is 27.8 Å². The van der Waals surface area contributed by atoms with E-state index in [2.05, 4.69) is 5.32 Å². The lowest BCUT2D eigenvalue weighted by Crippen LogP contribution is -2.52. The summed E-state index contributed by atoms with van der Waals surface area (Å²) in [5.74, 6) is 0.0123. The van der Waals surface area contributed by atoms with Gasteiger partial charge in [-0.15, -0.1) is 0 Å². The van der Waals surface area contributed by atoms with Gasteiger partial charge in [-0.2, -0.15) is 0 Å². The third-order valence-corrected chi connectivity index (χ3v) is 5.75. The lowest BCUT2D eigenvalue weighted by Gasteiger charge is -2.32. The van der Waals surface area contributed by atoms with Gasteiger partial charge in [0.1, 0.15) is 11.8 Å². The van der Waals surface area contributed by atoms with Crippen LogP contribution < -0.4 is 10.1 Å². The fourth-order valence-corrected chi connectivity index (χ4v) is 3.98. The largest absolute Gasteiger partial charge is 0.484 e. The highest BCUT2D eigenvalue weighted by molar-refractivity contribution is 6.35. The first kappa shape index (κ1) is 25.6. The highest BCUT2D eigenvalue weighted by Gasteiger charge is 2.31. The molecule has 3 aromatic carbocycles. The van der Waals surface area contributed by atoms with Gasteiger partial charge in [-0.1, -0.05) is 77.8 Å². The summed E-state index contributed by atoms with van der Waals surface area (Å²) in [6.45, 7) is 3.70. The SMILES string of the molecule is CC(C)NC(=O)[C@H](Cc1ccccc1)N(Cc1ccc(Cl)cc1Cl)C(=O)COc1ccccc1. The Morgan fingerprint density at radius 3 is 2.21 bits per heavy atom. The van der Waals surface area contributed by atoms with Crippen molar-refractivity contribution in [2.24, 2.45) is 0 Å². The predicted octanol–water partition coefficient (Wildman–Crippen LogP) is 5.54. The lowest BCUT2D eigenvalue weighted by molar-refractivity contribution is -0.143. The lowest BCUT2D eigenvalue weighted by atomic mass is 10.0. The summed E-state index contributed by atoms with van der Waals surface area (Å²) in [5.41, 5.74) is 1.63. The Kier molecular flexibility index (Phi) is 9.37. The minimum absolute atomic E-state index is 0.0811. The first-order chi connectivity index (χ1) is 16.3. The molecule has 1 atom stereocenters. The fraction of sp³-hybridized carbons (Fsp3) is 0.259. The summed E-state index contributed by atoms with van der Waals surface area (Å²) >= 11 is 12.5. The molecule has 5 nitrogen and oxygen atoms in total. The molecular formula is C27H28Cl2N2O3. The maximum absolute atomic E-state index is 13.5. The summed E-state index contributed by atoms with van der Waals surface area (Å²) in [5, 5.41) is 3.88. The molecule has 0 aliphatic carbocycles. The smallest absolute Gasteiger partial charge is 0.261 e. The number of hydrogen-bond acceptors (Lipinski definition) is 3. The van der Waals surface area contributed by atoms with E-state index in [1.54, 1.807) is 30.3 Å². The van der Waals surface area contributed by atoms with Crippen LogP contribution in [0, 0.1) is 0 Å². The molecule has 0 saturated heterocycles. The number of para-hydroxylation sites is 1. The van der Waals surface area contributed by atoms with Crippen LogP contribution in [0.4, 0.5) is 0 Å². The highest BCUT2D eigenvalue weighted by atomic mass is 35.5. The second kappa shape index (κ2) is 12.4. The first-order valence-electron chi connectivity index (χ1n) is 11.1. The third-order valence-electron chi connectivity index (χ3n) is 5.16. The number of carbonyl (C=O) groups is 2. The van der Waals surface area contributed by atoms with Gasteiger partial charge in [-0.3, -0.25) is 9.59 Å². The second-order valence-electron chi connectivity index (χ2n) is 8.23. The van der Waals surface area contributed by atoms with Crippen molar-refractivity contribution in [3.8, 4) is 5.75 Å². The van der Waals surface area contributed by atoms with Gasteiger partial charge in [0.15, 0.2) is 6.61 Å². The number of rotatable bonds is 10. The van der Waals surface area contributed by atoms with E-state index in [9.17, 15) is 9.59 Å². The van der Waals surface area contributed by atoms with Crippen LogP contribution in [-0.4, -0.2) is 35.4 Å². The van der Waals surface area contributed by atoms with Crippen molar-refractivity contribution in [3.63, 3.8) is 0 Å². The van der Waals surface area contributed by atoms with Crippen molar-refractivity contribution in [3.05, 3.63) is 100 Å². The molecule has 0 aliphatic rings.